The monoisotopic (exact) mass is 852 g/mol. The van der Waals surface area contributed by atoms with Crippen molar-refractivity contribution in [1.29, 1.82) is 0 Å². The predicted molar refractivity (Wildman–Crippen MR) is 192 cm³/mol. The molecule has 4 aromatic carbocycles. The number of nitrogens with one attached hydrogen (secondary N) is 3. The third-order valence-electron chi connectivity index (χ3n) is 6.60. The van der Waals surface area contributed by atoms with Crippen LogP contribution in [0.25, 0.3) is 10.8 Å². The van der Waals surface area contributed by atoms with Crippen molar-refractivity contribution in [3.8, 4) is 0 Å². The fourth-order valence-electron chi connectivity index (χ4n) is 4.45. The molecule has 1 unspecified atom stereocenters. The largest absolute Gasteiger partial charge is 0.325 e. The number of benzene rings is 4. The zero-order valence-corrected chi connectivity index (χ0v) is 30.4. The van der Waals surface area contributed by atoms with E-state index in [4.69, 9.17) is 11.6 Å². The van der Waals surface area contributed by atoms with Crippen LogP contribution in [0.3, 0.4) is 0 Å². The number of aryl methyl sites for hydroxylation is 1. The lowest BCUT2D eigenvalue weighted by Crippen LogP contribution is -2.23. The zero-order valence-electron chi connectivity index (χ0n) is 24.8. The second-order valence-corrected chi connectivity index (χ2v) is 15.0. The highest BCUT2D eigenvalue weighted by atomic mass is 79.9. The summed E-state index contributed by atoms with van der Waals surface area (Å²) in [6.07, 6.45) is 0. The van der Waals surface area contributed by atoms with Crippen molar-refractivity contribution in [3.63, 3.8) is 0 Å². The number of nitrogens with zero attached hydrogens (tertiary/aromatic N) is 5. The van der Waals surface area contributed by atoms with Crippen LogP contribution >= 0.6 is 43.5 Å². The molecule has 1 aromatic heterocycles. The number of hydrogen-bond donors (Lipinski definition) is 5. The maximum absolute atomic E-state index is 12.2. The van der Waals surface area contributed by atoms with Gasteiger partial charge < -0.3 is 16.0 Å². The topological polar surface area (TPSA) is 225 Å². The molecular formula is C29H23Br2ClN8O7S2. The first-order valence-electron chi connectivity index (χ1n) is 13.7. The van der Waals surface area contributed by atoms with Gasteiger partial charge >= 0.3 is 0 Å². The van der Waals surface area contributed by atoms with Crippen LogP contribution in [-0.4, -0.2) is 57.0 Å². The lowest BCUT2D eigenvalue weighted by atomic mass is 10.1. The Balaban J connectivity index is 1.36. The summed E-state index contributed by atoms with van der Waals surface area (Å²) in [5.74, 6) is 0.0215. The first kappa shape index (κ1) is 36.2. The molecule has 5 N–H and O–H groups in total. The summed E-state index contributed by atoms with van der Waals surface area (Å²) < 4.78 is 67.6. The average molecular weight is 855 g/mol. The third-order valence-corrected chi connectivity index (χ3v) is 10.8. The van der Waals surface area contributed by atoms with E-state index in [-0.39, 0.29) is 39.5 Å². The standard InChI is InChI=1S/C29H23Br2ClN8O7S2/c1-15-10-18(35-29-37-27(32)36-28(38-29)34-17-5-2-4-16(11-17)33-26(41)22(31)14-30)8-9-23(15)40-39-19-12-21-20(25(13-19)49(45,46)47)6-3-7-24(21)48(42,43)44/h2-13,22H,14H2,1H3,(H,33,41)(H,42,43,44)(H,45,46,47)(H2,34,35,36,37,38). The molecule has 0 fully saturated rings. The first-order chi connectivity index (χ1) is 23.1. The van der Waals surface area contributed by atoms with E-state index < -0.39 is 34.9 Å². The van der Waals surface area contributed by atoms with Gasteiger partial charge in [0.2, 0.25) is 23.1 Å². The molecule has 0 aliphatic heterocycles. The number of hydrogen-bond acceptors (Lipinski definition) is 12. The number of carbonyl (C=O) groups excluding carboxylic acids is 1. The summed E-state index contributed by atoms with van der Waals surface area (Å²) >= 11 is 12.7. The van der Waals surface area contributed by atoms with Crippen LogP contribution in [0.5, 0.6) is 0 Å². The lowest BCUT2D eigenvalue weighted by molar-refractivity contribution is -0.115. The number of halogens is 3. The number of aromatic nitrogens is 3. The van der Waals surface area contributed by atoms with Crippen molar-refractivity contribution in [3.05, 3.63) is 83.6 Å². The van der Waals surface area contributed by atoms with Gasteiger partial charge in [0.05, 0.1) is 11.4 Å². The van der Waals surface area contributed by atoms with Crippen LogP contribution in [0.4, 0.5) is 40.3 Å². The van der Waals surface area contributed by atoms with E-state index >= 15 is 0 Å². The van der Waals surface area contributed by atoms with E-state index in [1.54, 1.807) is 49.4 Å². The quantitative estimate of drug-likeness (QED) is 0.0495. The van der Waals surface area contributed by atoms with E-state index in [0.717, 1.165) is 12.1 Å². The van der Waals surface area contributed by atoms with E-state index in [2.05, 4.69) is 73.0 Å². The van der Waals surface area contributed by atoms with Gasteiger partial charge in [0.25, 0.3) is 20.2 Å². The smallest absolute Gasteiger partial charge is 0.295 e. The van der Waals surface area contributed by atoms with Crippen molar-refractivity contribution in [2.24, 2.45) is 10.2 Å². The number of alkyl halides is 2. The van der Waals surface area contributed by atoms with E-state index in [1.807, 2.05) is 0 Å². The molecule has 0 saturated heterocycles. The molecule has 15 nitrogen and oxygen atoms in total. The summed E-state index contributed by atoms with van der Waals surface area (Å²) in [5, 5.41) is 17.1. The van der Waals surface area contributed by atoms with Gasteiger partial charge in [-0.3, -0.25) is 13.9 Å². The van der Waals surface area contributed by atoms with Gasteiger partial charge in [0.15, 0.2) is 0 Å². The molecule has 1 amide bonds. The number of anilines is 5. The maximum Gasteiger partial charge on any atom is 0.295 e. The molecule has 0 radical (unpaired) electrons. The molecule has 1 atom stereocenters. The number of fused-ring (bicyclic) bond motifs is 1. The molecule has 0 aliphatic rings. The van der Waals surface area contributed by atoms with Crippen LogP contribution < -0.4 is 16.0 Å². The summed E-state index contributed by atoms with van der Waals surface area (Å²) in [6, 6.07) is 17.7. The maximum atomic E-state index is 12.2. The van der Waals surface area contributed by atoms with Gasteiger partial charge in [-0.05, 0) is 78.7 Å². The Morgan fingerprint density at radius 2 is 1.45 bits per heavy atom. The Hall–Kier alpha value is -4.11. The van der Waals surface area contributed by atoms with Crippen molar-refractivity contribution in [2.75, 3.05) is 21.3 Å². The highest BCUT2D eigenvalue weighted by Gasteiger charge is 2.21. The predicted octanol–water partition coefficient (Wildman–Crippen LogP) is 7.48. The molecule has 0 spiro atoms. The van der Waals surface area contributed by atoms with Crippen LogP contribution in [0.1, 0.15) is 5.56 Å². The normalized spacial score (nSPS) is 12.6. The number of amides is 1. The summed E-state index contributed by atoms with van der Waals surface area (Å²) in [7, 11) is -9.55. The molecule has 5 rings (SSSR count). The fraction of sp³-hybridized carbons (Fsp3) is 0.103. The van der Waals surface area contributed by atoms with Gasteiger partial charge in [-0.1, -0.05) is 50.1 Å². The minimum Gasteiger partial charge on any atom is -0.325 e. The molecule has 0 aliphatic carbocycles. The highest BCUT2D eigenvalue weighted by Crippen LogP contribution is 2.34. The average Bonchev–Trinajstić information content (AvgIpc) is 3.02. The summed E-state index contributed by atoms with van der Waals surface area (Å²) in [4.78, 5) is 23.2. The zero-order chi connectivity index (χ0) is 35.5. The molecule has 49 heavy (non-hydrogen) atoms. The summed E-state index contributed by atoms with van der Waals surface area (Å²) in [5.41, 5.74) is 2.55. The molecule has 1 heterocycles. The Bertz CT molecular complexity index is 2350. The minimum atomic E-state index is -4.81. The Kier molecular flexibility index (Phi) is 10.9. The van der Waals surface area contributed by atoms with Gasteiger partial charge in [-0.25, -0.2) is 0 Å². The van der Waals surface area contributed by atoms with Crippen LogP contribution in [0, 0.1) is 6.92 Å². The van der Waals surface area contributed by atoms with Crippen molar-refractivity contribution < 1.29 is 30.7 Å². The highest BCUT2D eigenvalue weighted by molar-refractivity contribution is 9.12. The number of carbonyl (C=O) groups is 1. The molecule has 0 saturated carbocycles. The van der Waals surface area contributed by atoms with Crippen molar-refractivity contribution in [2.45, 2.75) is 21.5 Å². The van der Waals surface area contributed by atoms with Crippen LogP contribution in [-0.2, 0) is 25.0 Å². The van der Waals surface area contributed by atoms with Gasteiger partial charge in [-0.2, -0.15) is 42.0 Å². The third kappa shape index (κ3) is 9.12. The SMILES string of the molecule is Cc1cc(Nc2nc(Cl)nc(Nc3cccc(NC(=O)C(Br)CBr)c3)n2)ccc1N=Nc1cc(S(=O)(=O)O)c2cccc(S(=O)(=O)O)c2c1. The Labute approximate surface area is 301 Å². The molecule has 5 aromatic rings. The van der Waals surface area contributed by atoms with Gasteiger partial charge in [0, 0.05) is 33.2 Å². The van der Waals surface area contributed by atoms with Crippen molar-refractivity contribution in [1.82, 2.24) is 15.0 Å². The Morgan fingerprint density at radius 3 is 2.08 bits per heavy atom. The van der Waals surface area contributed by atoms with Gasteiger partial charge in [-0.15, -0.1) is 0 Å². The molecular weight excluding hydrogens is 832 g/mol. The van der Waals surface area contributed by atoms with Crippen LogP contribution in [0.2, 0.25) is 5.28 Å². The Morgan fingerprint density at radius 1 is 0.816 bits per heavy atom. The fourth-order valence-corrected chi connectivity index (χ4v) is 6.44. The van der Waals surface area contributed by atoms with E-state index in [0.29, 0.717) is 33.6 Å². The van der Waals surface area contributed by atoms with Gasteiger partial charge in [0.1, 0.15) is 14.6 Å². The first-order valence-corrected chi connectivity index (χ1v) is 19.0. The molecule has 20 heteroatoms. The van der Waals surface area contributed by atoms with E-state index in [1.165, 1.54) is 18.2 Å². The second kappa shape index (κ2) is 14.8. The molecule has 254 valence electrons. The molecule has 0 bridgehead atoms. The lowest BCUT2D eigenvalue weighted by Gasteiger charge is -2.11. The minimum absolute atomic E-state index is 0.0946. The number of azo groups is 1. The number of rotatable bonds is 11. The summed E-state index contributed by atoms with van der Waals surface area (Å²) in [6.45, 7) is 1.73. The second-order valence-electron chi connectivity index (χ2n) is 10.1. The van der Waals surface area contributed by atoms with Crippen LogP contribution in [0.15, 0.2) is 92.8 Å². The van der Waals surface area contributed by atoms with Crippen molar-refractivity contribution >= 4 is 121 Å². The van der Waals surface area contributed by atoms with E-state index in [9.17, 15) is 30.7 Å².